The van der Waals surface area contributed by atoms with Crippen molar-refractivity contribution in [3.8, 4) is 0 Å². The molecule has 2 heterocycles. The van der Waals surface area contributed by atoms with E-state index in [1.807, 2.05) is 58.9 Å². The highest BCUT2D eigenvalue weighted by Crippen LogP contribution is 2.21. The lowest BCUT2D eigenvalue weighted by atomic mass is 9.93. The lowest BCUT2D eigenvalue weighted by Gasteiger charge is -2.35. The molecule has 1 aliphatic rings. The summed E-state index contributed by atoms with van der Waals surface area (Å²) in [5.74, 6) is 0.437. The standard InChI is InChI=1S/C10H16N2OS.C8H15NO.C7H16O3S/c1-10(2,3)9(13)12(4)7-8-11-5-6-14-8;1-8(2,3)7(10)9-5-4-6-9;1-6(10-5)11(8,9)7(2,3)4/h5-6H,7H2,1-4H3;4-6H2,1-3H3;6H,1-5H3. The molecule has 0 N–H and O–H groups in total. The smallest absolute Gasteiger partial charge is 0.228 e. The highest BCUT2D eigenvalue weighted by molar-refractivity contribution is 7.93. The molecule has 1 aromatic heterocycles. The Kier molecular flexibility index (Phi) is 12.6. The number of thiazole rings is 1. The Balaban J connectivity index is 0.000000504. The van der Waals surface area contributed by atoms with Gasteiger partial charge in [0.2, 0.25) is 11.8 Å². The maximum atomic E-state index is 11.8. The maximum absolute atomic E-state index is 11.8. The molecule has 0 spiro atoms. The van der Waals surface area contributed by atoms with Crippen molar-refractivity contribution < 1.29 is 22.7 Å². The summed E-state index contributed by atoms with van der Waals surface area (Å²) in [6.45, 7) is 20.7. The van der Waals surface area contributed by atoms with Crippen LogP contribution in [0.1, 0.15) is 80.7 Å². The molecule has 204 valence electrons. The van der Waals surface area contributed by atoms with Crippen LogP contribution in [0.15, 0.2) is 11.6 Å². The molecule has 1 aromatic rings. The molecule has 0 aromatic carbocycles. The van der Waals surface area contributed by atoms with E-state index in [0.29, 0.717) is 12.5 Å². The van der Waals surface area contributed by atoms with Gasteiger partial charge < -0.3 is 14.5 Å². The van der Waals surface area contributed by atoms with Gasteiger partial charge in [0.05, 0.1) is 11.3 Å². The van der Waals surface area contributed by atoms with Crippen LogP contribution in [0, 0.1) is 10.8 Å². The molecule has 8 nitrogen and oxygen atoms in total. The highest BCUT2D eigenvalue weighted by Gasteiger charge is 2.34. The van der Waals surface area contributed by atoms with Crippen molar-refractivity contribution >= 4 is 33.0 Å². The highest BCUT2D eigenvalue weighted by atomic mass is 32.2. The van der Waals surface area contributed by atoms with Crippen molar-refractivity contribution in [2.45, 2.75) is 92.4 Å². The van der Waals surface area contributed by atoms with E-state index in [9.17, 15) is 18.0 Å². The van der Waals surface area contributed by atoms with Crippen molar-refractivity contribution in [3.63, 3.8) is 0 Å². The number of nitrogens with zero attached hydrogens (tertiary/aromatic N) is 3. The fraction of sp³-hybridized carbons (Fsp3) is 0.800. The van der Waals surface area contributed by atoms with E-state index in [1.165, 1.54) is 13.5 Å². The Hall–Kier alpha value is -1.52. The first-order valence-corrected chi connectivity index (χ1v) is 14.3. The van der Waals surface area contributed by atoms with Crippen molar-refractivity contribution in [1.29, 1.82) is 0 Å². The van der Waals surface area contributed by atoms with Crippen molar-refractivity contribution in [3.05, 3.63) is 16.6 Å². The molecule has 10 heteroatoms. The van der Waals surface area contributed by atoms with Crippen LogP contribution in [0.2, 0.25) is 0 Å². The van der Waals surface area contributed by atoms with E-state index < -0.39 is 20.0 Å². The summed E-state index contributed by atoms with van der Waals surface area (Å²) < 4.78 is 26.9. The first-order chi connectivity index (χ1) is 15.7. The van der Waals surface area contributed by atoms with Crippen LogP contribution in [0.5, 0.6) is 0 Å². The predicted octanol–water partition coefficient (Wildman–Crippen LogP) is 4.60. The van der Waals surface area contributed by atoms with Crippen LogP contribution in [-0.4, -0.2) is 72.4 Å². The second kappa shape index (κ2) is 13.1. The third-order valence-corrected chi connectivity index (χ3v) is 8.79. The monoisotopic (exact) mass is 533 g/mol. The first-order valence-electron chi connectivity index (χ1n) is 11.9. The van der Waals surface area contributed by atoms with E-state index in [-0.39, 0.29) is 16.7 Å². The maximum Gasteiger partial charge on any atom is 0.228 e. The number of aromatic nitrogens is 1. The topological polar surface area (TPSA) is 96.9 Å². The molecule has 0 bridgehead atoms. The van der Waals surface area contributed by atoms with Crippen LogP contribution >= 0.6 is 11.3 Å². The predicted molar refractivity (Wildman–Crippen MR) is 144 cm³/mol. The third-order valence-electron chi connectivity index (χ3n) is 5.25. The van der Waals surface area contributed by atoms with E-state index >= 15 is 0 Å². The molecule has 1 aliphatic heterocycles. The lowest BCUT2D eigenvalue weighted by molar-refractivity contribution is -0.143. The minimum absolute atomic E-state index is 0.146. The van der Waals surface area contributed by atoms with Crippen LogP contribution in [-0.2, 0) is 30.7 Å². The minimum atomic E-state index is -3.15. The van der Waals surface area contributed by atoms with Gasteiger partial charge in [0, 0.05) is 49.7 Å². The number of ether oxygens (including phenoxy) is 1. The summed E-state index contributed by atoms with van der Waals surface area (Å²) in [6.07, 6.45) is 2.94. The number of hydrogen-bond acceptors (Lipinski definition) is 7. The number of methoxy groups -OCH3 is 1. The lowest BCUT2D eigenvalue weighted by Crippen LogP contribution is -2.47. The average molecular weight is 534 g/mol. The molecule has 1 saturated heterocycles. The number of hydrogen-bond donors (Lipinski definition) is 0. The molecule has 35 heavy (non-hydrogen) atoms. The fourth-order valence-corrected chi connectivity index (χ4v) is 4.71. The average Bonchev–Trinajstić information content (AvgIpc) is 3.16. The van der Waals surface area contributed by atoms with Crippen LogP contribution in [0.3, 0.4) is 0 Å². The van der Waals surface area contributed by atoms with E-state index in [2.05, 4.69) is 4.98 Å². The molecule has 0 saturated carbocycles. The zero-order valence-electron chi connectivity index (χ0n) is 23.8. The zero-order chi connectivity index (χ0) is 27.8. The van der Waals surface area contributed by atoms with Gasteiger partial charge in [0.1, 0.15) is 5.01 Å². The number of sulfone groups is 1. The van der Waals surface area contributed by atoms with Crippen molar-refractivity contribution in [2.75, 3.05) is 27.2 Å². The van der Waals surface area contributed by atoms with Gasteiger partial charge in [-0.05, 0) is 34.1 Å². The summed E-state index contributed by atoms with van der Waals surface area (Å²) in [5.41, 5.74) is -1.21. The van der Waals surface area contributed by atoms with E-state index in [0.717, 1.165) is 18.1 Å². The molecule has 1 fully saturated rings. The second-order valence-electron chi connectivity index (χ2n) is 11.7. The van der Waals surface area contributed by atoms with Gasteiger partial charge in [-0.25, -0.2) is 13.4 Å². The van der Waals surface area contributed by atoms with E-state index in [1.54, 1.807) is 50.1 Å². The Morgan fingerprint density at radius 3 is 1.83 bits per heavy atom. The molecule has 1 atom stereocenters. The quantitative estimate of drug-likeness (QED) is 0.561. The summed E-state index contributed by atoms with van der Waals surface area (Å²) in [7, 11) is 0.0625. The zero-order valence-corrected chi connectivity index (χ0v) is 25.4. The first kappa shape index (κ1) is 33.5. The van der Waals surface area contributed by atoms with E-state index in [4.69, 9.17) is 4.74 Å². The van der Waals surface area contributed by atoms with Crippen molar-refractivity contribution in [1.82, 2.24) is 14.8 Å². The molecule has 0 radical (unpaired) electrons. The van der Waals surface area contributed by atoms with Gasteiger partial charge in [0.25, 0.3) is 0 Å². The number of amides is 2. The Morgan fingerprint density at radius 2 is 1.60 bits per heavy atom. The van der Waals surface area contributed by atoms with Gasteiger partial charge in [0.15, 0.2) is 15.3 Å². The van der Waals surface area contributed by atoms with Crippen LogP contribution < -0.4 is 0 Å². The molecule has 0 aliphatic carbocycles. The SMILES string of the molecule is CC(C)(C)C(=O)N1CCC1.CN(Cc1nccs1)C(=O)C(C)(C)C.COC(C)S(=O)(=O)C(C)(C)C. The second-order valence-corrected chi connectivity index (χ2v) is 15.7. The summed E-state index contributed by atoms with van der Waals surface area (Å²) in [4.78, 5) is 30.9. The molecular formula is C25H47N3O5S2. The minimum Gasteiger partial charge on any atom is -0.366 e. The number of carbonyl (C=O) groups is 2. The van der Waals surface area contributed by atoms with Crippen LogP contribution in [0.4, 0.5) is 0 Å². The number of likely N-dealkylation sites (tertiary alicyclic amines) is 1. The van der Waals surface area contributed by atoms with Gasteiger partial charge in [-0.2, -0.15) is 0 Å². The summed E-state index contributed by atoms with van der Waals surface area (Å²) >= 11 is 1.57. The Bertz CT molecular complexity index is 889. The number of carbonyl (C=O) groups excluding carboxylic acids is 2. The molecular weight excluding hydrogens is 486 g/mol. The van der Waals surface area contributed by atoms with Crippen molar-refractivity contribution in [2.24, 2.45) is 10.8 Å². The molecule has 2 amide bonds. The number of rotatable bonds is 4. The normalized spacial score (nSPS) is 15.0. The molecule has 1 unspecified atom stereocenters. The fourth-order valence-electron chi connectivity index (χ4n) is 2.80. The van der Waals surface area contributed by atoms with Crippen LogP contribution in [0.25, 0.3) is 0 Å². The Labute approximate surface area is 217 Å². The van der Waals surface area contributed by atoms with Gasteiger partial charge in [-0.15, -0.1) is 11.3 Å². The van der Waals surface area contributed by atoms with Gasteiger partial charge in [-0.1, -0.05) is 41.5 Å². The summed E-state index contributed by atoms with van der Waals surface area (Å²) in [6, 6.07) is 0. The largest absolute Gasteiger partial charge is 0.366 e. The third kappa shape index (κ3) is 11.0. The molecule has 2 rings (SSSR count). The van der Waals surface area contributed by atoms with Gasteiger partial charge >= 0.3 is 0 Å². The van der Waals surface area contributed by atoms with Gasteiger partial charge in [-0.3, -0.25) is 9.59 Å². The summed E-state index contributed by atoms with van der Waals surface area (Å²) in [5, 5.41) is 2.90. The Morgan fingerprint density at radius 1 is 1.09 bits per heavy atom.